The fourth-order valence-electron chi connectivity index (χ4n) is 1.51. The van der Waals surface area contributed by atoms with E-state index in [1.54, 1.807) is 0 Å². The molecule has 0 bridgehead atoms. The molecule has 15 heavy (non-hydrogen) atoms. The van der Waals surface area contributed by atoms with Gasteiger partial charge in [-0.25, -0.2) is 0 Å². The Morgan fingerprint density at radius 1 is 1.27 bits per heavy atom. The van der Waals surface area contributed by atoms with Crippen LogP contribution in [0.1, 0.15) is 56.5 Å². The Balaban J connectivity index is 3.33. The molecule has 0 atom stereocenters. The maximum Gasteiger partial charge on any atom is 0.0853 e. The van der Waals surface area contributed by atoms with Gasteiger partial charge in [0, 0.05) is 4.47 Å². The summed E-state index contributed by atoms with van der Waals surface area (Å²) in [5.41, 5.74) is 3.01. The van der Waals surface area contributed by atoms with Crippen molar-refractivity contribution in [1.82, 2.24) is 4.98 Å². The third-order valence-corrected chi connectivity index (χ3v) is 3.26. The van der Waals surface area contributed by atoms with Crippen molar-refractivity contribution in [3.63, 3.8) is 0 Å². The smallest absolute Gasteiger partial charge is 0.0853 e. The number of pyridine rings is 1. The van der Waals surface area contributed by atoms with Crippen molar-refractivity contribution in [1.29, 1.82) is 0 Å². The lowest BCUT2D eigenvalue weighted by Gasteiger charge is -2.16. The normalized spacial score (nSPS) is 11.5. The summed E-state index contributed by atoms with van der Waals surface area (Å²) in [6.45, 7) is 8.51. The third-order valence-electron chi connectivity index (χ3n) is 2.40. The van der Waals surface area contributed by atoms with Gasteiger partial charge in [-0.2, -0.15) is 0 Å². The highest BCUT2D eigenvalue weighted by Gasteiger charge is 2.14. The first-order valence-corrected chi connectivity index (χ1v) is 6.06. The number of aromatic nitrogens is 1. The van der Waals surface area contributed by atoms with Gasteiger partial charge in [-0.3, -0.25) is 4.98 Å². The van der Waals surface area contributed by atoms with Crippen LogP contribution in [-0.4, -0.2) is 10.1 Å². The topological polar surface area (TPSA) is 33.1 Å². The molecule has 1 N–H and O–H groups in total. The molecule has 2 nitrogen and oxygen atoms in total. The summed E-state index contributed by atoms with van der Waals surface area (Å²) in [5.74, 6) is 0.800. The van der Waals surface area contributed by atoms with E-state index < -0.39 is 0 Å². The van der Waals surface area contributed by atoms with Crippen LogP contribution in [0.3, 0.4) is 0 Å². The molecule has 0 unspecified atom stereocenters. The van der Waals surface area contributed by atoms with E-state index in [9.17, 15) is 0 Å². The van der Waals surface area contributed by atoms with Crippen LogP contribution in [0.25, 0.3) is 0 Å². The maximum absolute atomic E-state index is 9.16. The van der Waals surface area contributed by atoms with Crippen LogP contribution in [0, 0.1) is 0 Å². The van der Waals surface area contributed by atoms with Crippen molar-refractivity contribution in [3.05, 3.63) is 27.5 Å². The van der Waals surface area contributed by atoms with E-state index in [4.69, 9.17) is 5.11 Å². The highest BCUT2D eigenvalue weighted by Crippen LogP contribution is 2.31. The molecule has 84 valence electrons. The molecule has 1 rings (SSSR count). The van der Waals surface area contributed by atoms with E-state index in [1.807, 2.05) is 6.07 Å². The lowest BCUT2D eigenvalue weighted by atomic mass is 9.99. The lowest BCUT2D eigenvalue weighted by Crippen LogP contribution is -2.04. The maximum atomic E-state index is 9.16. The van der Waals surface area contributed by atoms with Crippen molar-refractivity contribution in [3.8, 4) is 0 Å². The predicted molar refractivity (Wildman–Crippen MR) is 66.0 cm³/mol. The van der Waals surface area contributed by atoms with Gasteiger partial charge in [0.15, 0.2) is 0 Å². The van der Waals surface area contributed by atoms with Gasteiger partial charge in [0.05, 0.1) is 18.0 Å². The zero-order chi connectivity index (χ0) is 11.6. The molecule has 0 aliphatic carbocycles. The Bertz CT molecular complexity index is 318. The zero-order valence-electron chi connectivity index (χ0n) is 9.71. The van der Waals surface area contributed by atoms with Crippen LogP contribution in [0.5, 0.6) is 0 Å². The highest BCUT2D eigenvalue weighted by atomic mass is 79.9. The highest BCUT2D eigenvalue weighted by molar-refractivity contribution is 9.10. The first-order valence-electron chi connectivity index (χ1n) is 5.27. The molecule has 1 heterocycles. The second kappa shape index (κ2) is 5.08. The molecule has 1 aromatic heterocycles. The summed E-state index contributed by atoms with van der Waals surface area (Å²) in [6.07, 6.45) is 0. The Hall–Kier alpha value is -0.410. The molecule has 1 aromatic rings. The monoisotopic (exact) mass is 271 g/mol. The van der Waals surface area contributed by atoms with E-state index in [0.717, 1.165) is 15.9 Å². The molecular formula is C12H18BrNO. The Morgan fingerprint density at radius 2 is 1.87 bits per heavy atom. The average molecular weight is 272 g/mol. The van der Waals surface area contributed by atoms with Gasteiger partial charge in [0.2, 0.25) is 0 Å². The first kappa shape index (κ1) is 12.7. The van der Waals surface area contributed by atoms with Crippen molar-refractivity contribution < 1.29 is 5.11 Å². The van der Waals surface area contributed by atoms with Gasteiger partial charge in [-0.15, -0.1) is 0 Å². The Morgan fingerprint density at radius 3 is 2.27 bits per heavy atom. The fourth-order valence-corrected chi connectivity index (χ4v) is 2.63. The van der Waals surface area contributed by atoms with Gasteiger partial charge in [0.25, 0.3) is 0 Å². The van der Waals surface area contributed by atoms with Crippen LogP contribution in [-0.2, 0) is 6.61 Å². The zero-order valence-corrected chi connectivity index (χ0v) is 11.3. The summed E-state index contributed by atoms with van der Waals surface area (Å²) in [4.78, 5) is 4.44. The number of aliphatic hydroxyl groups is 1. The number of rotatable bonds is 3. The Kier molecular flexibility index (Phi) is 4.29. The lowest BCUT2D eigenvalue weighted by molar-refractivity contribution is 0.276. The van der Waals surface area contributed by atoms with Crippen LogP contribution in [0.15, 0.2) is 10.5 Å². The van der Waals surface area contributed by atoms with E-state index >= 15 is 0 Å². The van der Waals surface area contributed by atoms with Gasteiger partial charge in [-0.05, 0) is 39.4 Å². The van der Waals surface area contributed by atoms with Crippen molar-refractivity contribution in [2.45, 2.75) is 46.1 Å². The molecule has 0 aliphatic heterocycles. The van der Waals surface area contributed by atoms with E-state index in [0.29, 0.717) is 11.8 Å². The number of hydrogen-bond acceptors (Lipinski definition) is 2. The quantitative estimate of drug-likeness (QED) is 0.912. The minimum atomic E-state index is 0.00667. The van der Waals surface area contributed by atoms with E-state index in [1.165, 1.54) is 5.56 Å². The largest absolute Gasteiger partial charge is 0.390 e. The molecule has 0 saturated carbocycles. The van der Waals surface area contributed by atoms with Crippen LogP contribution < -0.4 is 0 Å². The molecule has 3 heteroatoms. The molecule has 0 saturated heterocycles. The number of aliphatic hydroxyl groups excluding tert-OH is 1. The van der Waals surface area contributed by atoms with Gasteiger partial charge >= 0.3 is 0 Å². The van der Waals surface area contributed by atoms with Crippen molar-refractivity contribution >= 4 is 15.9 Å². The Labute approximate surface area is 99.9 Å². The molecule has 0 aromatic carbocycles. The predicted octanol–water partition coefficient (Wildman–Crippen LogP) is 3.58. The summed E-state index contributed by atoms with van der Waals surface area (Å²) >= 11 is 3.60. The minimum Gasteiger partial charge on any atom is -0.390 e. The first-order chi connectivity index (χ1) is 6.97. The van der Waals surface area contributed by atoms with Gasteiger partial charge in [0.1, 0.15) is 0 Å². The minimum absolute atomic E-state index is 0.00667. The molecule has 0 aliphatic rings. The molecule has 0 fully saturated rings. The summed E-state index contributed by atoms with van der Waals surface area (Å²) < 4.78 is 1.09. The van der Waals surface area contributed by atoms with Crippen LogP contribution in [0.4, 0.5) is 0 Å². The summed E-state index contributed by atoms with van der Waals surface area (Å²) in [7, 11) is 0. The van der Waals surface area contributed by atoms with E-state index in [2.05, 4.69) is 48.6 Å². The molecule has 0 radical (unpaired) electrons. The summed E-state index contributed by atoms with van der Waals surface area (Å²) in [5, 5.41) is 9.16. The van der Waals surface area contributed by atoms with Gasteiger partial charge in [-0.1, -0.05) is 27.7 Å². The van der Waals surface area contributed by atoms with Crippen molar-refractivity contribution in [2.24, 2.45) is 0 Å². The molecular weight excluding hydrogens is 254 g/mol. The van der Waals surface area contributed by atoms with Crippen LogP contribution >= 0.6 is 15.9 Å². The van der Waals surface area contributed by atoms with E-state index in [-0.39, 0.29) is 6.61 Å². The molecule has 0 amide bonds. The third kappa shape index (κ3) is 2.79. The number of halogens is 1. The second-order valence-corrected chi connectivity index (χ2v) is 5.16. The molecule has 0 spiro atoms. The number of nitrogens with zero attached hydrogens (tertiary/aromatic N) is 1. The summed E-state index contributed by atoms with van der Waals surface area (Å²) in [6, 6.07) is 1.97. The fraction of sp³-hybridized carbons (Fsp3) is 0.583. The van der Waals surface area contributed by atoms with Crippen LogP contribution in [0.2, 0.25) is 0 Å². The van der Waals surface area contributed by atoms with Gasteiger partial charge < -0.3 is 5.11 Å². The SMILES string of the molecule is CC(C)c1cc(CO)nc(C(C)C)c1Br. The van der Waals surface area contributed by atoms with Crippen molar-refractivity contribution in [2.75, 3.05) is 0 Å². The standard InChI is InChI=1S/C12H18BrNO/c1-7(2)10-5-9(6-15)14-12(8(3)4)11(10)13/h5,7-8,15H,6H2,1-4H3. The second-order valence-electron chi connectivity index (χ2n) is 4.37. The number of hydrogen-bond donors (Lipinski definition) is 1. The average Bonchev–Trinajstić information content (AvgIpc) is 2.17.